The number of amides is 1. The molecule has 146 valence electrons. The summed E-state index contributed by atoms with van der Waals surface area (Å²) in [4.78, 5) is 12.6. The summed E-state index contributed by atoms with van der Waals surface area (Å²) in [6.45, 7) is 7.68. The summed E-state index contributed by atoms with van der Waals surface area (Å²) in [5.74, 6) is 0.00250. The Bertz CT molecular complexity index is 916. The van der Waals surface area contributed by atoms with Crippen LogP contribution in [0.1, 0.15) is 23.6 Å². The highest BCUT2D eigenvalue weighted by Gasteiger charge is 2.24. The molecular formula is C20H26N2O4S. The molecule has 1 N–H and O–H groups in total. The lowest BCUT2D eigenvalue weighted by Crippen LogP contribution is -2.37. The smallest absolute Gasteiger partial charge is 0.245 e. The van der Waals surface area contributed by atoms with E-state index in [0.717, 1.165) is 27.3 Å². The molecule has 0 unspecified atom stereocenters. The van der Waals surface area contributed by atoms with E-state index in [2.05, 4.69) is 5.32 Å². The number of aryl methyl sites for hydroxylation is 3. The number of nitrogens with zero attached hydrogens (tertiary/aromatic N) is 1. The second-order valence-corrected chi connectivity index (χ2v) is 8.40. The van der Waals surface area contributed by atoms with Crippen LogP contribution in [0.3, 0.4) is 0 Å². The zero-order valence-corrected chi connectivity index (χ0v) is 17.2. The Morgan fingerprint density at radius 2 is 1.70 bits per heavy atom. The van der Waals surface area contributed by atoms with Crippen LogP contribution in [0.2, 0.25) is 0 Å². The monoisotopic (exact) mass is 390 g/mol. The van der Waals surface area contributed by atoms with Crippen LogP contribution >= 0.6 is 0 Å². The fraction of sp³-hybridized carbons (Fsp3) is 0.350. The Kier molecular flexibility index (Phi) is 6.49. The van der Waals surface area contributed by atoms with Crippen molar-refractivity contribution >= 4 is 27.3 Å². The summed E-state index contributed by atoms with van der Waals surface area (Å²) >= 11 is 0. The Morgan fingerprint density at radius 3 is 2.26 bits per heavy atom. The number of hydrogen-bond donors (Lipinski definition) is 1. The number of carbonyl (C=O) groups excluding carboxylic acids is 1. The molecule has 7 heteroatoms. The van der Waals surface area contributed by atoms with Gasteiger partial charge >= 0.3 is 0 Å². The average Bonchev–Trinajstić information content (AvgIpc) is 2.56. The fourth-order valence-electron chi connectivity index (χ4n) is 3.01. The van der Waals surface area contributed by atoms with Crippen LogP contribution in [-0.4, -0.2) is 33.7 Å². The molecule has 2 aromatic carbocycles. The molecule has 0 saturated carbocycles. The number of carbonyl (C=O) groups is 1. The van der Waals surface area contributed by atoms with E-state index in [4.69, 9.17) is 4.74 Å². The maximum absolute atomic E-state index is 12.6. The number of hydrogen-bond acceptors (Lipinski definition) is 4. The maximum atomic E-state index is 12.6. The van der Waals surface area contributed by atoms with Crippen LogP contribution in [0.25, 0.3) is 0 Å². The summed E-state index contributed by atoms with van der Waals surface area (Å²) < 4.78 is 31.3. The number of ether oxygens (including phenoxy) is 1. The first-order valence-electron chi connectivity index (χ1n) is 8.70. The normalized spacial score (nSPS) is 11.1. The first kappa shape index (κ1) is 20.8. The number of sulfonamides is 1. The summed E-state index contributed by atoms with van der Waals surface area (Å²) in [7, 11) is -3.68. The molecule has 1 amide bonds. The van der Waals surface area contributed by atoms with Gasteiger partial charge in [-0.3, -0.25) is 9.10 Å². The molecule has 0 aliphatic carbocycles. The third-order valence-electron chi connectivity index (χ3n) is 4.06. The lowest BCUT2D eigenvalue weighted by molar-refractivity contribution is -0.114. The van der Waals surface area contributed by atoms with Crippen LogP contribution in [-0.2, 0) is 14.8 Å². The molecule has 2 rings (SSSR count). The number of rotatable bonds is 7. The van der Waals surface area contributed by atoms with Crippen LogP contribution < -0.4 is 14.4 Å². The van der Waals surface area contributed by atoms with Crippen molar-refractivity contribution in [3.8, 4) is 5.75 Å². The van der Waals surface area contributed by atoms with Gasteiger partial charge in [-0.25, -0.2) is 8.42 Å². The molecule has 0 aliphatic heterocycles. The van der Waals surface area contributed by atoms with Gasteiger partial charge in [-0.2, -0.15) is 0 Å². The number of anilines is 2. The van der Waals surface area contributed by atoms with E-state index in [1.165, 1.54) is 0 Å². The molecule has 27 heavy (non-hydrogen) atoms. The van der Waals surface area contributed by atoms with Crippen molar-refractivity contribution in [3.63, 3.8) is 0 Å². The molecule has 0 radical (unpaired) electrons. The highest BCUT2D eigenvalue weighted by molar-refractivity contribution is 7.92. The molecule has 0 bridgehead atoms. The summed E-state index contributed by atoms with van der Waals surface area (Å²) in [5.41, 5.74) is 4.01. The first-order valence-corrected chi connectivity index (χ1v) is 10.6. The SMILES string of the molecule is CCOc1ccccc1N(CC(=O)Nc1c(C)cc(C)cc1C)S(C)(=O)=O. The Balaban J connectivity index is 2.32. The fourth-order valence-corrected chi connectivity index (χ4v) is 3.87. The zero-order chi connectivity index (χ0) is 20.2. The van der Waals surface area contributed by atoms with Crippen molar-refractivity contribution in [1.82, 2.24) is 0 Å². The van der Waals surface area contributed by atoms with E-state index in [1.54, 1.807) is 24.3 Å². The van der Waals surface area contributed by atoms with Gasteiger partial charge in [0.2, 0.25) is 15.9 Å². The van der Waals surface area contributed by atoms with Gasteiger partial charge in [0.05, 0.1) is 18.6 Å². The molecular weight excluding hydrogens is 364 g/mol. The Labute approximate surface area is 161 Å². The van der Waals surface area contributed by atoms with E-state index >= 15 is 0 Å². The second-order valence-electron chi connectivity index (χ2n) is 6.49. The van der Waals surface area contributed by atoms with Crippen molar-refractivity contribution in [2.24, 2.45) is 0 Å². The Hall–Kier alpha value is -2.54. The van der Waals surface area contributed by atoms with Crippen LogP contribution in [0, 0.1) is 20.8 Å². The van der Waals surface area contributed by atoms with Gasteiger partial charge in [0.1, 0.15) is 12.3 Å². The molecule has 2 aromatic rings. The average molecular weight is 391 g/mol. The van der Waals surface area contributed by atoms with Crippen molar-refractivity contribution in [3.05, 3.63) is 53.1 Å². The van der Waals surface area contributed by atoms with Gasteiger partial charge in [0.15, 0.2) is 0 Å². The van der Waals surface area contributed by atoms with Crippen molar-refractivity contribution in [1.29, 1.82) is 0 Å². The van der Waals surface area contributed by atoms with Gasteiger partial charge < -0.3 is 10.1 Å². The van der Waals surface area contributed by atoms with Crippen LogP contribution in [0.5, 0.6) is 5.75 Å². The van der Waals surface area contributed by atoms with E-state index in [-0.39, 0.29) is 6.54 Å². The third-order valence-corrected chi connectivity index (χ3v) is 5.19. The van der Waals surface area contributed by atoms with E-state index in [9.17, 15) is 13.2 Å². The van der Waals surface area contributed by atoms with E-state index < -0.39 is 15.9 Å². The van der Waals surface area contributed by atoms with E-state index in [1.807, 2.05) is 39.8 Å². The first-order chi connectivity index (χ1) is 12.6. The van der Waals surface area contributed by atoms with Gasteiger partial charge in [-0.1, -0.05) is 29.8 Å². The third kappa shape index (κ3) is 5.23. The molecule has 0 heterocycles. The minimum absolute atomic E-state index is 0.338. The van der Waals surface area contributed by atoms with Gasteiger partial charge in [0.25, 0.3) is 0 Å². The number of nitrogens with one attached hydrogen (secondary N) is 1. The maximum Gasteiger partial charge on any atom is 0.245 e. The highest BCUT2D eigenvalue weighted by Crippen LogP contribution is 2.30. The second kappa shape index (κ2) is 8.43. The predicted octanol–water partition coefficient (Wildman–Crippen LogP) is 3.42. The van der Waals surface area contributed by atoms with Crippen LogP contribution in [0.4, 0.5) is 11.4 Å². The minimum Gasteiger partial charge on any atom is -0.492 e. The number of para-hydroxylation sites is 2. The molecule has 0 atom stereocenters. The van der Waals surface area contributed by atoms with Gasteiger partial charge in [-0.05, 0) is 51.0 Å². The summed E-state index contributed by atoms with van der Waals surface area (Å²) in [6, 6.07) is 10.7. The largest absolute Gasteiger partial charge is 0.492 e. The molecule has 0 aromatic heterocycles. The van der Waals surface area contributed by atoms with Gasteiger partial charge in [-0.15, -0.1) is 0 Å². The van der Waals surface area contributed by atoms with Crippen LogP contribution in [0.15, 0.2) is 36.4 Å². The molecule has 0 saturated heterocycles. The topological polar surface area (TPSA) is 75.7 Å². The molecule has 6 nitrogen and oxygen atoms in total. The highest BCUT2D eigenvalue weighted by atomic mass is 32.2. The van der Waals surface area contributed by atoms with Crippen molar-refractivity contribution in [2.75, 3.05) is 29.0 Å². The van der Waals surface area contributed by atoms with Crippen molar-refractivity contribution < 1.29 is 17.9 Å². The predicted molar refractivity (Wildman–Crippen MR) is 109 cm³/mol. The zero-order valence-electron chi connectivity index (χ0n) is 16.4. The van der Waals surface area contributed by atoms with Gasteiger partial charge in [0, 0.05) is 5.69 Å². The molecule has 0 spiro atoms. The lowest BCUT2D eigenvalue weighted by Gasteiger charge is -2.24. The van der Waals surface area contributed by atoms with Crippen molar-refractivity contribution in [2.45, 2.75) is 27.7 Å². The molecule has 0 aliphatic rings. The standard InChI is InChI=1S/C20H26N2O4S/c1-6-26-18-10-8-7-9-17(18)22(27(5,24)25)13-19(23)21-20-15(3)11-14(2)12-16(20)4/h7-12H,6,13H2,1-5H3,(H,21,23). The lowest BCUT2D eigenvalue weighted by atomic mass is 10.1. The summed E-state index contributed by atoms with van der Waals surface area (Å²) in [6.07, 6.45) is 1.07. The minimum atomic E-state index is -3.68. The van der Waals surface area contributed by atoms with E-state index in [0.29, 0.717) is 23.7 Å². The number of benzene rings is 2. The quantitative estimate of drug-likeness (QED) is 0.786. The molecule has 0 fully saturated rings. The Morgan fingerprint density at radius 1 is 1.11 bits per heavy atom. The summed E-state index contributed by atoms with van der Waals surface area (Å²) in [5, 5.41) is 2.84.